The Balaban J connectivity index is 1.94. The van der Waals surface area contributed by atoms with E-state index in [1.807, 2.05) is 36.4 Å². The van der Waals surface area contributed by atoms with E-state index in [1.54, 1.807) is 18.2 Å². The van der Waals surface area contributed by atoms with Gasteiger partial charge in [-0.2, -0.15) is 0 Å². The van der Waals surface area contributed by atoms with Crippen molar-refractivity contribution in [1.29, 1.82) is 0 Å². The third-order valence-corrected chi connectivity index (χ3v) is 5.26. The third kappa shape index (κ3) is 6.08. The molecule has 0 aliphatic rings. The van der Waals surface area contributed by atoms with Crippen LogP contribution in [0.3, 0.4) is 0 Å². The normalized spacial score (nSPS) is 11.0. The summed E-state index contributed by atoms with van der Waals surface area (Å²) in [6, 6.07) is 17.0. The fourth-order valence-electron chi connectivity index (χ4n) is 3.50. The van der Waals surface area contributed by atoms with Gasteiger partial charge in [-0.1, -0.05) is 63.1 Å². The number of halogens is 1. The highest BCUT2D eigenvalue weighted by Gasteiger charge is 2.19. The molecule has 2 aromatic carbocycles. The quantitative estimate of drug-likeness (QED) is 0.398. The predicted molar refractivity (Wildman–Crippen MR) is 125 cm³/mol. The molecule has 0 aliphatic carbocycles. The largest absolute Gasteiger partial charge is 0.487 e. The van der Waals surface area contributed by atoms with E-state index in [9.17, 15) is 9.90 Å². The molecule has 0 aliphatic heterocycles. The van der Waals surface area contributed by atoms with Crippen molar-refractivity contribution in [3.63, 3.8) is 0 Å². The topological polar surface area (TPSA) is 59.4 Å². The minimum absolute atomic E-state index is 0.0980. The van der Waals surface area contributed by atoms with Gasteiger partial charge < -0.3 is 9.84 Å². The first-order chi connectivity index (χ1) is 14.9. The van der Waals surface area contributed by atoms with Gasteiger partial charge in [-0.05, 0) is 60.2 Å². The summed E-state index contributed by atoms with van der Waals surface area (Å²) in [7, 11) is 0. The number of aryl methyl sites for hydroxylation is 1. The fraction of sp³-hybridized carbons (Fsp3) is 0.308. The van der Waals surface area contributed by atoms with Gasteiger partial charge in [0.15, 0.2) is 0 Å². The Kier molecular flexibility index (Phi) is 7.69. The highest BCUT2D eigenvalue weighted by atomic mass is 35.5. The number of ether oxygens (including phenoxy) is 1. The molecule has 0 spiro atoms. The number of aromatic nitrogens is 1. The summed E-state index contributed by atoms with van der Waals surface area (Å²) in [5.74, 6) is 0.0509. The number of hydrogen-bond acceptors (Lipinski definition) is 3. The van der Waals surface area contributed by atoms with Crippen molar-refractivity contribution in [2.45, 2.75) is 46.6 Å². The Hall–Kier alpha value is -2.85. The molecule has 1 aromatic heterocycles. The SMILES string of the molecule is CCCc1ccc(OCc2nc(CC(C)C)c(-c3ccc(Cl)cc3)cc2C(=O)O)cc1. The zero-order valence-electron chi connectivity index (χ0n) is 18.2. The van der Waals surface area contributed by atoms with Gasteiger partial charge in [0.25, 0.3) is 0 Å². The van der Waals surface area contributed by atoms with Crippen molar-refractivity contribution >= 4 is 17.6 Å². The molecule has 0 amide bonds. The third-order valence-electron chi connectivity index (χ3n) is 5.01. The fourth-order valence-corrected chi connectivity index (χ4v) is 3.63. The highest BCUT2D eigenvalue weighted by molar-refractivity contribution is 6.30. The van der Waals surface area contributed by atoms with Crippen LogP contribution in [0.2, 0.25) is 5.02 Å². The van der Waals surface area contributed by atoms with Crippen molar-refractivity contribution in [1.82, 2.24) is 4.98 Å². The summed E-state index contributed by atoms with van der Waals surface area (Å²) in [6.07, 6.45) is 2.84. The van der Waals surface area contributed by atoms with Crippen molar-refractivity contribution in [3.8, 4) is 16.9 Å². The van der Waals surface area contributed by atoms with Crippen LogP contribution in [-0.4, -0.2) is 16.1 Å². The average Bonchev–Trinajstić information content (AvgIpc) is 2.73. The van der Waals surface area contributed by atoms with Gasteiger partial charge in [0.2, 0.25) is 0 Å². The van der Waals surface area contributed by atoms with Gasteiger partial charge in [0.1, 0.15) is 12.4 Å². The lowest BCUT2D eigenvalue weighted by Crippen LogP contribution is -2.12. The number of rotatable bonds is 9. The Morgan fingerprint density at radius 1 is 1.06 bits per heavy atom. The van der Waals surface area contributed by atoms with Gasteiger partial charge in [-0.25, -0.2) is 4.79 Å². The molecule has 1 N–H and O–H groups in total. The van der Waals surface area contributed by atoms with E-state index in [0.29, 0.717) is 22.4 Å². The standard InChI is InChI=1S/C26H28ClNO3/c1-4-5-18-6-12-21(13-7-18)31-16-25-23(26(29)30)15-22(24(28-25)14-17(2)3)19-8-10-20(27)11-9-19/h6-13,15,17H,4-5,14,16H2,1-3H3,(H,29,30). The van der Waals surface area contributed by atoms with Gasteiger partial charge in [-0.15, -0.1) is 0 Å². The van der Waals surface area contributed by atoms with E-state index in [4.69, 9.17) is 21.3 Å². The van der Waals surface area contributed by atoms with E-state index < -0.39 is 5.97 Å². The Morgan fingerprint density at radius 2 is 1.74 bits per heavy atom. The maximum atomic E-state index is 12.0. The number of hydrogen-bond donors (Lipinski definition) is 1. The van der Waals surface area contributed by atoms with Crippen molar-refractivity contribution < 1.29 is 14.6 Å². The number of benzene rings is 2. The molecule has 162 valence electrons. The van der Waals surface area contributed by atoms with Gasteiger partial charge >= 0.3 is 5.97 Å². The summed E-state index contributed by atoms with van der Waals surface area (Å²) in [5.41, 5.74) is 4.41. The molecule has 0 atom stereocenters. The molecular formula is C26H28ClNO3. The van der Waals surface area contributed by atoms with Gasteiger partial charge in [0, 0.05) is 16.3 Å². The zero-order chi connectivity index (χ0) is 22.4. The molecule has 31 heavy (non-hydrogen) atoms. The summed E-state index contributed by atoms with van der Waals surface area (Å²) in [4.78, 5) is 16.8. The van der Waals surface area contributed by atoms with Crippen LogP contribution in [0.4, 0.5) is 0 Å². The number of carboxylic acids is 1. The van der Waals surface area contributed by atoms with E-state index in [2.05, 4.69) is 20.8 Å². The molecule has 0 radical (unpaired) electrons. The number of carboxylic acid groups (broad SMARTS) is 1. The van der Waals surface area contributed by atoms with Crippen LogP contribution in [0.1, 0.15) is 54.5 Å². The number of pyridine rings is 1. The first-order valence-electron chi connectivity index (χ1n) is 10.6. The lowest BCUT2D eigenvalue weighted by molar-refractivity contribution is 0.0693. The Labute approximate surface area is 188 Å². The molecule has 1 heterocycles. The molecule has 4 nitrogen and oxygen atoms in total. The molecular weight excluding hydrogens is 410 g/mol. The number of nitrogens with zero attached hydrogens (tertiary/aromatic N) is 1. The van der Waals surface area contributed by atoms with Crippen LogP contribution in [0.5, 0.6) is 5.75 Å². The lowest BCUT2D eigenvalue weighted by atomic mass is 9.95. The molecule has 0 fully saturated rings. The first-order valence-corrected chi connectivity index (χ1v) is 11.0. The van der Waals surface area contributed by atoms with Crippen molar-refractivity contribution in [3.05, 3.63) is 82.1 Å². The molecule has 0 saturated heterocycles. The maximum Gasteiger partial charge on any atom is 0.337 e. The van der Waals surface area contributed by atoms with Crippen LogP contribution in [0.15, 0.2) is 54.6 Å². The molecule has 0 unspecified atom stereocenters. The van der Waals surface area contributed by atoms with Crippen LogP contribution >= 0.6 is 11.6 Å². The van der Waals surface area contributed by atoms with Crippen LogP contribution in [-0.2, 0) is 19.4 Å². The number of carbonyl (C=O) groups is 1. The van der Waals surface area contributed by atoms with Crippen molar-refractivity contribution in [2.75, 3.05) is 0 Å². The Morgan fingerprint density at radius 3 is 2.32 bits per heavy atom. The second kappa shape index (κ2) is 10.5. The van der Waals surface area contributed by atoms with E-state index >= 15 is 0 Å². The lowest BCUT2D eigenvalue weighted by Gasteiger charge is -2.16. The minimum atomic E-state index is -1.02. The van der Waals surface area contributed by atoms with Crippen LogP contribution < -0.4 is 4.74 Å². The van der Waals surface area contributed by atoms with Gasteiger partial charge in [0.05, 0.1) is 11.3 Å². The summed E-state index contributed by atoms with van der Waals surface area (Å²) >= 11 is 6.03. The van der Waals surface area contributed by atoms with E-state index in [-0.39, 0.29) is 12.2 Å². The maximum absolute atomic E-state index is 12.0. The second-order valence-electron chi connectivity index (χ2n) is 8.07. The van der Waals surface area contributed by atoms with Gasteiger partial charge in [-0.3, -0.25) is 4.98 Å². The summed E-state index contributed by atoms with van der Waals surface area (Å²) < 4.78 is 5.89. The zero-order valence-corrected chi connectivity index (χ0v) is 18.9. The second-order valence-corrected chi connectivity index (χ2v) is 8.51. The Bertz CT molecular complexity index is 1030. The number of aromatic carboxylic acids is 1. The molecule has 3 rings (SSSR count). The molecule has 0 bridgehead atoms. The van der Waals surface area contributed by atoms with E-state index in [0.717, 1.165) is 36.1 Å². The molecule has 5 heteroatoms. The molecule has 0 saturated carbocycles. The smallest absolute Gasteiger partial charge is 0.337 e. The van der Waals surface area contributed by atoms with Crippen LogP contribution in [0.25, 0.3) is 11.1 Å². The summed E-state index contributed by atoms with van der Waals surface area (Å²) in [6.45, 7) is 6.48. The van der Waals surface area contributed by atoms with Crippen LogP contribution in [0, 0.1) is 5.92 Å². The van der Waals surface area contributed by atoms with Crippen molar-refractivity contribution in [2.24, 2.45) is 5.92 Å². The monoisotopic (exact) mass is 437 g/mol. The van der Waals surface area contributed by atoms with E-state index in [1.165, 1.54) is 5.56 Å². The predicted octanol–water partition coefficient (Wildman–Crippen LogP) is 6.83. The first kappa shape index (κ1) is 22.8. The summed E-state index contributed by atoms with van der Waals surface area (Å²) in [5, 5.41) is 10.5. The highest BCUT2D eigenvalue weighted by Crippen LogP contribution is 2.29. The minimum Gasteiger partial charge on any atom is -0.487 e. The molecule has 3 aromatic rings. The average molecular weight is 438 g/mol.